The smallest absolute Gasteiger partial charge is 0.280 e. The molecule has 3 rings (SSSR count). The number of anilines is 1. The molecule has 1 amide bonds. The van der Waals surface area contributed by atoms with E-state index in [-0.39, 0.29) is 17.4 Å². The van der Waals surface area contributed by atoms with Gasteiger partial charge in [-0.25, -0.2) is 4.63 Å². The maximum Gasteiger partial charge on any atom is 0.280 e. The first-order valence-electron chi connectivity index (χ1n) is 6.26. The molecule has 0 radical (unpaired) electrons. The van der Waals surface area contributed by atoms with Crippen LogP contribution >= 0.6 is 0 Å². The molecule has 7 nitrogen and oxygen atoms in total. The number of carbonyl (C=O) groups is 1. The largest absolute Gasteiger partial charge is 0.379 e. The van der Waals surface area contributed by atoms with E-state index < -0.39 is 0 Å². The number of amides is 1. The van der Waals surface area contributed by atoms with E-state index in [0.717, 1.165) is 25.9 Å². The number of rotatable bonds is 1. The van der Waals surface area contributed by atoms with Crippen molar-refractivity contribution in [1.82, 2.24) is 20.1 Å². The summed E-state index contributed by atoms with van der Waals surface area (Å²) in [6.45, 7) is 1.48. The maximum atomic E-state index is 12.3. The molecule has 2 bridgehead atoms. The molecule has 0 spiro atoms. The minimum absolute atomic E-state index is 0.0720. The molecule has 2 N–H and O–H groups in total. The Hall–Kier alpha value is -1.63. The lowest BCUT2D eigenvalue weighted by molar-refractivity contribution is 0.0730. The summed E-state index contributed by atoms with van der Waals surface area (Å²) < 4.78 is 4.49. The summed E-state index contributed by atoms with van der Waals surface area (Å²) in [6, 6.07) is 1.04. The topological polar surface area (TPSA) is 88.5 Å². The van der Waals surface area contributed by atoms with Crippen LogP contribution in [0.5, 0.6) is 0 Å². The van der Waals surface area contributed by atoms with E-state index in [4.69, 9.17) is 5.73 Å². The SMILES string of the molecule is CN1C2CCC1CN(C(=O)c1nonc1N)CC2. The number of aromatic nitrogens is 2. The first-order chi connectivity index (χ1) is 8.66. The standard InChI is InChI=1S/C11H17N5O2/c1-15-7-2-3-8(15)6-16(5-4-7)11(17)9-10(12)14-18-13-9/h7-8H,2-6H2,1H3,(H2,12,14). The fourth-order valence-corrected chi connectivity index (χ4v) is 2.99. The normalized spacial score (nSPS) is 28.4. The number of hydrogen-bond donors (Lipinski definition) is 1. The Morgan fingerprint density at radius 2 is 2.11 bits per heavy atom. The molecule has 2 fully saturated rings. The van der Waals surface area contributed by atoms with Gasteiger partial charge in [-0.1, -0.05) is 0 Å². The van der Waals surface area contributed by atoms with Crippen LogP contribution in [0, 0.1) is 0 Å². The molecular formula is C11H17N5O2. The zero-order chi connectivity index (χ0) is 12.7. The van der Waals surface area contributed by atoms with E-state index in [1.54, 1.807) is 0 Å². The Kier molecular flexibility index (Phi) is 2.70. The molecule has 3 heterocycles. The molecular weight excluding hydrogens is 234 g/mol. The quantitative estimate of drug-likeness (QED) is 0.753. The number of fused-ring (bicyclic) bond motifs is 2. The number of likely N-dealkylation sites (tertiary alicyclic amines) is 1. The highest BCUT2D eigenvalue weighted by atomic mass is 16.6. The highest BCUT2D eigenvalue weighted by Gasteiger charge is 2.37. The van der Waals surface area contributed by atoms with Crippen LogP contribution in [0.4, 0.5) is 5.82 Å². The van der Waals surface area contributed by atoms with Crippen LogP contribution in [0.15, 0.2) is 4.63 Å². The van der Waals surface area contributed by atoms with Crippen LogP contribution in [0.25, 0.3) is 0 Å². The lowest BCUT2D eigenvalue weighted by Gasteiger charge is -2.25. The molecule has 0 saturated carbocycles. The van der Waals surface area contributed by atoms with Gasteiger partial charge in [0.05, 0.1) is 0 Å². The summed E-state index contributed by atoms with van der Waals surface area (Å²) in [7, 11) is 2.14. The van der Waals surface area contributed by atoms with Crippen LogP contribution in [-0.4, -0.2) is 58.2 Å². The Balaban J connectivity index is 1.78. The molecule has 98 valence electrons. The molecule has 2 aliphatic heterocycles. The maximum absolute atomic E-state index is 12.3. The van der Waals surface area contributed by atoms with Crippen LogP contribution in [0.1, 0.15) is 29.8 Å². The number of carbonyl (C=O) groups excluding carboxylic acids is 1. The number of hydrogen-bond acceptors (Lipinski definition) is 6. The molecule has 7 heteroatoms. The molecule has 0 aromatic carbocycles. The van der Waals surface area contributed by atoms with Gasteiger partial charge in [0.1, 0.15) is 0 Å². The van der Waals surface area contributed by atoms with Gasteiger partial charge in [0.15, 0.2) is 0 Å². The zero-order valence-corrected chi connectivity index (χ0v) is 10.4. The van der Waals surface area contributed by atoms with Gasteiger partial charge >= 0.3 is 0 Å². The Labute approximate surface area is 105 Å². The fourth-order valence-electron chi connectivity index (χ4n) is 2.99. The van der Waals surface area contributed by atoms with Gasteiger partial charge in [-0.15, -0.1) is 0 Å². The highest BCUT2D eigenvalue weighted by Crippen LogP contribution is 2.29. The minimum Gasteiger partial charge on any atom is -0.379 e. The van der Waals surface area contributed by atoms with Crippen molar-refractivity contribution in [3.05, 3.63) is 5.69 Å². The van der Waals surface area contributed by atoms with E-state index in [1.165, 1.54) is 6.42 Å². The van der Waals surface area contributed by atoms with Gasteiger partial charge < -0.3 is 10.6 Å². The van der Waals surface area contributed by atoms with Crippen LogP contribution < -0.4 is 5.73 Å². The van der Waals surface area contributed by atoms with E-state index >= 15 is 0 Å². The average molecular weight is 251 g/mol. The van der Waals surface area contributed by atoms with Crippen LogP contribution in [-0.2, 0) is 0 Å². The third kappa shape index (κ3) is 1.74. The average Bonchev–Trinajstić information content (AvgIpc) is 2.84. The molecule has 2 unspecified atom stereocenters. The summed E-state index contributed by atoms with van der Waals surface area (Å²) >= 11 is 0. The van der Waals surface area contributed by atoms with Crippen LogP contribution in [0.2, 0.25) is 0 Å². The first kappa shape index (κ1) is 11.5. The van der Waals surface area contributed by atoms with E-state index in [0.29, 0.717) is 12.1 Å². The fraction of sp³-hybridized carbons (Fsp3) is 0.727. The summed E-state index contributed by atoms with van der Waals surface area (Å²) in [5.74, 6) is -0.0996. The third-order valence-electron chi connectivity index (χ3n) is 4.15. The van der Waals surface area contributed by atoms with Gasteiger partial charge in [0.25, 0.3) is 5.91 Å². The second kappa shape index (κ2) is 4.24. The monoisotopic (exact) mass is 251 g/mol. The zero-order valence-electron chi connectivity index (χ0n) is 10.4. The second-order valence-corrected chi connectivity index (χ2v) is 5.09. The van der Waals surface area contributed by atoms with Gasteiger partial charge in [-0.3, -0.25) is 9.69 Å². The summed E-state index contributed by atoms with van der Waals surface area (Å²) in [5.41, 5.74) is 5.70. The summed E-state index contributed by atoms with van der Waals surface area (Å²) in [4.78, 5) is 16.5. The van der Waals surface area contributed by atoms with E-state index in [9.17, 15) is 4.79 Å². The summed E-state index contributed by atoms with van der Waals surface area (Å²) in [5, 5.41) is 7.04. The molecule has 2 aliphatic rings. The highest BCUT2D eigenvalue weighted by molar-refractivity contribution is 5.96. The van der Waals surface area contributed by atoms with E-state index in [1.807, 2.05) is 4.90 Å². The van der Waals surface area contributed by atoms with Gasteiger partial charge in [0, 0.05) is 25.2 Å². The van der Waals surface area contributed by atoms with Crippen molar-refractivity contribution in [2.75, 3.05) is 25.9 Å². The molecule has 2 saturated heterocycles. The Morgan fingerprint density at radius 1 is 1.33 bits per heavy atom. The Morgan fingerprint density at radius 3 is 2.83 bits per heavy atom. The lowest BCUT2D eigenvalue weighted by Crippen LogP contribution is -2.40. The number of likely N-dealkylation sites (N-methyl/N-ethyl adjacent to an activating group) is 1. The molecule has 1 aromatic rings. The molecule has 2 atom stereocenters. The van der Waals surface area contributed by atoms with Crippen molar-refractivity contribution in [3.8, 4) is 0 Å². The predicted molar refractivity (Wildman–Crippen MR) is 63.8 cm³/mol. The second-order valence-electron chi connectivity index (χ2n) is 5.09. The number of nitrogen functional groups attached to an aromatic ring is 1. The van der Waals surface area contributed by atoms with Gasteiger partial charge in [0.2, 0.25) is 11.5 Å². The summed E-state index contributed by atoms with van der Waals surface area (Å²) in [6.07, 6.45) is 3.39. The first-order valence-corrected chi connectivity index (χ1v) is 6.26. The minimum atomic E-state index is -0.172. The van der Waals surface area contributed by atoms with Crippen molar-refractivity contribution in [3.63, 3.8) is 0 Å². The molecule has 1 aromatic heterocycles. The van der Waals surface area contributed by atoms with Crippen molar-refractivity contribution in [1.29, 1.82) is 0 Å². The van der Waals surface area contributed by atoms with Crippen molar-refractivity contribution < 1.29 is 9.42 Å². The number of nitrogens with zero attached hydrogens (tertiary/aromatic N) is 4. The molecule has 18 heavy (non-hydrogen) atoms. The van der Waals surface area contributed by atoms with E-state index in [2.05, 4.69) is 26.9 Å². The third-order valence-corrected chi connectivity index (χ3v) is 4.15. The van der Waals surface area contributed by atoms with Crippen molar-refractivity contribution >= 4 is 11.7 Å². The van der Waals surface area contributed by atoms with Crippen molar-refractivity contribution in [2.45, 2.75) is 31.3 Å². The predicted octanol–water partition coefficient (Wildman–Crippen LogP) is -0.0395. The molecule has 0 aliphatic carbocycles. The van der Waals surface area contributed by atoms with Gasteiger partial charge in [-0.2, -0.15) is 0 Å². The number of nitrogens with two attached hydrogens (primary N) is 1. The van der Waals surface area contributed by atoms with Gasteiger partial charge in [-0.05, 0) is 36.6 Å². The Bertz CT molecular complexity index is 460. The van der Waals surface area contributed by atoms with Crippen molar-refractivity contribution in [2.24, 2.45) is 0 Å². The lowest BCUT2D eigenvalue weighted by atomic mass is 10.1. The van der Waals surface area contributed by atoms with Crippen LogP contribution in [0.3, 0.4) is 0 Å².